The Bertz CT molecular complexity index is 1300. The van der Waals surface area contributed by atoms with Gasteiger partial charge < -0.3 is 24.4 Å². The van der Waals surface area contributed by atoms with Crippen LogP contribution in [-0.4, -0.2) is 43.2 Å². The summed E-state index contributed by atoms with van der Waals surface area (Å²) in [5, 5.41) is 21.9. The molecule has 8 nitrogen and oxygen atoms in total. The number of aliphatic hydroxyl groups excluding tert-OH is 1. The summed E-state index contributed by atoms with van der Waals surface area (Å²) in [6, 6.07) is 16.7. The second-order valence-corrected chi connectivity index (χ2v) is 7.47. The Kier molecular flexibility index (Phi) is 6.14. The summed E-state index contributed by atoms with van der Waals surface area (Å²) in [6.45, 7) is 0. The van der Waals surface area contributed by atoms with Gasteiger partial charge in [-0.15, -0.1) is 0 Å². The fourth-order valence-electron chi connectivity index (χ4n) is 4.08. The molecule has 1 atom stereocenters. The van der Waals surface area contributed by atoms with E-state index in [0.717, 1.165) is 4.90 Å². The number of phenols is 1. The predicted octanol–water partition coefficient (Wildman–Crippen LogP) is 4.04. The highest BCUT2D eigenvalue weighted by Gasteiger charge is 2.48. The van der Waals surface area contributed by atoms with Crippen molar-refractivity contribution in [3.63, 3.8) is 0 Å². The Balaban J connectivity index is 2.04. The molecule has 1 saturated heterocycles. The summed E-state index contributed by atoms with van der Waals surface area (Å²) in [7, 11) is 4.37. The minimum Gasteiger partial charge on any atom is -0.507 e. The molecule has 8 heteroatoms. The molecule has 3 aromatic rings. The SMILES string of the molecule is COc1ccc(OC)c(/C(O)=C2\C(=O)C(=O)N(c3ccccc3O)C2c2ccccc2OC)c1. The van der Waals surface area contributed by atoms with Gasteiger partial charge in [-0.25, -0.2) is 0 Å². The number of rotatable bonds is 6. The number of amides is 1. The van der Waals surface area contributed by atoms with Gasteiger partial charge in [-0.3, -0.25) is 14.5 Å². The Labute approximate surface area is 196 Å². The molecule has 34 heavy (non-hydrogen) atoms. The number of para-hydroxylation sites is 3. The number of ether oxygens (including phenoxy) is 3. The molecule has 0 spiro atoms. The molecule has 1 heterocycles. The van der Waals surface area contributed by atoms with Gasteiger partial charge >= 0.3 is 0 Å². The summed E-state index contributed by atoms with van der Waals surface area (Å²) in [6.07, 6.45) is 0. The fourth-order valence-corrected chi connectivity index (χ4v) is 4.08. The van der Waals surface area contributed by atoms with E-state index < -0.39 is 23.5 Å². The lowest BCUT2D eigenvalue weighted by Gasteiger charge is -2.27. The number of aromatic hydroxyl groups is 1. The van der Waals surface area contributed by atoms with Gasteiger partial charge in [0.15, 0.2) is 0 Å². The third kappa shape index (κ3) is 3.69. The number of anilines is 1. The number of hydrogen-bond acceptors (Lipinski definition) is 7. The van der Waals surface area contributed by atoms with Crippen LogP contribution in [0.15, 0.2) is 72.3 Å². The van der Waals surface area contributed by atoms with E-state index in [2.05, 4.69) is 0 Å². The molecule has 0 saturated carbocycles. The van der Waals surface area contributed by atoms with Gasteiger partial charge in [0, 0.05) is 5.56 Å². The summed E-state index contributed by atoms with van der Waals surface area (Å²) >= 11 is 0. The van der Waals surface area contributed by atoms with Crippen molar-refractivity contribution in [1.29, 1.82) is 0 Å². The Morgan fingerprint density at radius 2 is 1.53 bits per heavy atom. The van der Waals surface area contributed by atoms with Gasteiger partial charge in [0.25, 0.3) is 11.7 Å². The summed E-state index contributed by atoms with van der Waals surface area (Å²) in [5.41, 5.74) is 0.578. The van der Waals surface area contributed by atoms with Crippen LogP contribution in [0, 0.1) is 0 Å². The zero-order valence-electron chi connectivity index (χ0n) is 18.8. The van der Waals surface area contributed by atoms with Crippen molar-refractivity contribution in [2.75, 3.05) is 26.2 Å². The fraction of sp³-hybridized carbons (Fsp3) is 0.154. The number of hydrogen-bond donors (Lipinski definition) is 2. The first-order chi connectivity index (χ1) is 16.4. The van der Waals surface area contributed by atoms with Gasteiger partial charge in [-0.1, -0.05) is 30.3 Å². The normalized spacial score (nSPS) is 17.0. The number of nitrogens with zero attached hydrogens (tertiary/aromatic N) is 1. The third-order valence-electron chi connectivity index (χ3n) is 5.68. The lowest BCUT2D eigenvalue weighted by molar-refractivity contribution is -0.132. The van der Waals surface area contributed by atoms with Crippen LogP contribution in [0.2, 0.25) is 0 Å². The zero-order valence-corrected chi connectivity index (χ0v) is 18.8. The molecule has 0 aromatic heterocycles. The molecule has 1 amide bonds. The maximum atomic E-state index is 13.3. The molecular weight excluding hydrogens is 438 g/mol. The van der Waals surface area contributed by atoms with Gasteiger partial charge in [-0.2, -0.15) is 0 Å². The van der Waals surface area contributed by atoms with Crippen LogP contribution < -0.4 is 19.1 Å². The van der Waals surface area contributed by atoms with Crippen molar-refractivity contribution in [2.45, 2.75) is 6.04 Å². The van der Waals surface area contributed by atoms with Crippen molar-refractivity contribution in [3.05, 3.63) is 83.4 Å². The standard InChI is InChI=1S/C26H23NO7/c1-32-15-12-13-21(34-3)17(14-15)24(29)22-23(16-8-4-7-11-20(16)33-2)27(26(31)25(22)30)18-9-5-6-10-19(18)28/h4-14,23,28-29H,1-3H3/b24-22+. The minimum absolute atomic E-state index is 0.122. The third-order valence-corrected chi connectivity index (χ3v) is 5.68. The van der Waals surface area contributed by atoms with Crippen LogP contribution in [0.4, 0.5) is 5.69 Å². The van der Waals surface area contributed by atoms with Crippen LogP contribution in [0.3, 0.4) is 0 Å². The van der Waals surface area contributed by atoms with E-state index in [0.29, 0.717) is 17.1 Å². The van der Waals surface area contributed by atoms with Crippen LogP contribution in [-0.2, 0) is 9.59 Å². The Morgan fingerprint density at radius 3 is 2.21 bits per heavy atom. The number of phenolic OH excluding ortho intramolecular Hbond substituents is 1. The van der Waals surface area contributed by atoms with Crippen molar-refractivity contribution < 1.29 is 34.0 Å². The van der Waals surface area contributed by atoms with Gasteiger partial charge in [0.1, 0.15) is 28.8 Å². The lowest BCUT2D eigenvalue weighted by atomic mass is 9.94. The molecule has 1 aliphatic heterocycles. The highest BCUT2D eigenvalue weighted by molar-refractivity contribution is 6.52. The van der Waals surface area contributed by atoms with E-state index in [1.54, 1.807) is 48.5 Å². The second kappa shape index (κ2) is 9.19. The second-order valence-electron chi connectivity index (χ2n) is 7.47. The van der Waals surface area contributed by atoms with Crippen molar-refractivity contribution in [1.82, 2.24) is 0 Å². The molecule has 1 unspecified atom stereocenters. The van der Waals surface area contributed by atoms with Crippen molar-refractivity contribution in [3.8, 4) is 23.0 Å². The maximum absolute atomic E-state index is 13.3. The highest BCUT2D eigenvalue weighted by Crippen LogP contribution is 2.47. The van der Waals surface area contributed by atoms with Crippen LogP contribution in [0.25, 0.3) is 5.76 Å². The number of ketones is 1. The van der Waals surface area contributed by atoms with Crippen LogP contribution >= 0.6 is 0 Å². The lowest BCUT2D eigenvalue weighted by Crippen LogP contribution is -2.29. The molecule has 4 rings (SSSR count). The first-order valence-electron chi connectivity index (χ1n) is 10.4. The van der Waals surface area contributed by atoms with E-state index in [1.165, 1.54) is 39.5 Å². The Hall–Kier alpha value is -4.46. The smallest absolute Gasteiger partial charge is 0.300 e. The number of aliphatic hydroxyl groups is 1. The van der Waals surface area contributed by atoms with E-state index in [9.17, 15) is 19.8 Å². The number of carbonyl (C=O) groups excluding carboxylic acids is 2. The Morgan fingerprint density at radius 1 is 0.853 bits per heavy atom. The summed E-state index contributed by atoms with van der Waals surface area (Å²) in [5.74, 6) is -1.34. The van der Waals surface area contributed by atoms with Gasteiger partial charge in [0.2, 0.25) is 0 Å². The first-order valence-corrected chi connectivity index (χ1v) is 10.4. The van der Waals surface area contributed by atoms with Gasteiger partial charge in [0.05, 0.1) is 44.2 Å². The van der Waals surface area contributed by atoms with E-state index in [1.807, 2.05) is 0 Å². The highest BCUT2D eigenvalue weighted by atomic mass is 16.5. The maximum Gasteiger partial charge on any atom is 0.300 e. The largest absolute Gasteiger partial charge is 0.507 e. The summed E-state index contributed by atoms with van der Waals surface area (Å²) in [4.78, 5) is 27.8. The van der Waals surface area contributed by atoms with Crippen molar-refractivity contribution >= 4 is 23.1 Å². The predicted molar refractivity (Wildman–Crippen MR) is 125 cm³/mol. The minimum atomic E-state index is -1.08. The number of methoxy groups -OCH3 is 3. The molecular formula is C26H23NO7. The number of carbonyl (C=O) groups is 2. The quantitative estimate of drug-likeness (QED) is 0.324. The molecule has 0 aliphatic carbocycles. The van der Waals surface area contributed by atoms with E-state index >= 15 is 0 Å². The molecule has 174 valence electrons. The van der Waals surface area contributed by atoms with E-state index in [-0.39, 0.29) is 28.3 Å². The molecule has 0 radical (unpaired) electrons. The van der Waals surface area contributed by atoms with Crippen LogP contribution in [0.5, 0.6) is 23.0 Å². The average molecular weight is 461 g/mol. The number of benzene rings is 3. The first kappa shape index (κ1) is 22.7. The number of Topliss-reactive ketones (excluding diaryl/α,β-unsaturated/α-hetero) is 1. The van der Waals surface area contributed by atoms with E-state index in [4.69, 9.17) is 14.2 Å². The topological polar surface area (TPSA) is 106 Å². The van der Waals surface area contributed by atoms with Crippen molar-refractivity contribution in [2.24, 2.45) is 0 Å². The molecule has 2 N–H and O–H groups in total. The van der Waals surface area contributed by atoms with Crippen LogP contribution in [0.1, 0.15) is 17.2 Å². The average Bonchev–Trinajstić information content (AvgIpc) is 3.13. The molecule has 1 fully saturated rings. The molecule has 3 aromatic carbocycles. The monoisotopic (exact) mass is 461 g/mol. The molecule has 0 bridgehead atoms. The zero-order chi connectivity index (χ0) is 24.4. The molecule has 1 aliphatic rings. The summed E-state index contributed by atoms with van der Waals surface area (Å²) < 4.78 is 16.1. The van der Waals surface area contributed by atoms with Gasteiger partial charge in [-0.05, 0) is 36.4 Å².